The van der Waals surface area contributed by atoms with Crippen molar-refractivity contribution in [1.82, 2.24) is 4.98 Å². The molecule has 1 heterocycles. The van der Waals surface area contributed by atoms with Crippen LogP contribution in [0.25, 0.3) is 11.3 Å². The van der Waals surface area contributed by atoms with Crippen molar-refractivity contribution in [3.05, 3.63) is 30.0 Å². The lowest BCUT2D eigenvalue weighted by atomic mass is 10.1. The number of thioether (sulfide) groups is 1. The third-order valence-corrected chi connectivity index (χ3v) is 3.14. The maximum atomic E-state index is 5.57. The number of nitrogen functional groups attached to an aromatic ring is 1. The summed E-state index contributed by atoms with van der Waals surface area (Å²) in [4.78, 5) is 5.38. The van der Waals surface area contributed by atoms with Crippen LogP contribution in [0.3, 0.4) is 0 Å². The van der Waals surface area contributed by atoms with Gasteiger partial charge < -0.3 is 10.2 Å². The summed E-state index contributed by atoms with van der Waals surface area (Å²) in [5.74, 6) is 0.785. The minimum atomic E-state index is 0.237. The van der Waals surface area contributed by atoms with Gasteiger partial charge in [-0.2, -0.15) is 4.98 Å². The summed E-state index contributed by atoms with van der Waals surface area (Å²) < 4.78 is 5.42. The molecule has 4 heteroatoms. The van der Waals surface area contributed by atoms with Crippen molar-refractivity contribution in [3.63, 3.8) is 0 Å². The molecule has 2 aromatic rings. The summed E-state index contributed by atoms with van der Waals surface area (Å²) in [5, 5.41) is 0. The molecule has 0 amide bonds. The molecule has 3 nitrogen and oxygen atoms in total. The van der Waals surface area contributed by atoms with Gasteiger partial charge in [0.15, 0.2) is 5.76 Å². The summed E-state index contributed by atoms with van der Waals surface area (Å²) in [6.45, 7) is 2.04. The van der Waals surface area contributed by atoms with Gasteiger partial charge in [0.1, 0.15) is 0 Å². The van der Waals surface area contributed by atoms with Crippen molar-refractivity contribution < 1.29 is 4.42 Å². The van der Waals surface area contributed by atoms with Crippen LogP contribution in [0.15, 0.2) is 33.6 Å². The van der Waals surface area contributed by atoms with Crippen LogP contribution < -0.4 is 5.73 Å². The van der Waals surface area contributed by atoms with E-state index in [1.165, 1.54) is 4.90 Å². The fourth-order valence-electron chi connectivity index (χ4n) is 1.58. The molecule has 2 rings (SSSR count). The van der Waals surface area contributed by atoms with Crippen molar-refractivity contribution in [2.24, 2.45) is 0 Å². The lowest BCUT2D eigenvalue weighted by molar-refractivity contribution is 0.593. The SMILES string of the molecule is CCc1nc(N)oc1-c1ccc(SC)cc1. The predicted octanol–water partition coefficient (Wildman–Crippen LogP) is 3.21. The van der Waals surface area contributed by atoms with Gasteiger partial charge in [-0.3, -0.25) is 0 Å². The van der Waals surface area contributed by atoms with Crippen LogP contribution in [-0.2, 0) is 6.42 Å². The van der Waals surface area contributed by atoms with Crippen molar-refractivity contribution in [3.8, 4) is 11.3 Å². The first-order valence-electron chi connectivity index (χ1n) is 5.14. The summed E-state index contributed by atoms with van der Waals surface area (Å²) in [6.07, 6.45) is 2.87. The minimum Gasteiger partial charge on any atom is -0.423 e. The molecule has 1 aromatic carbocycles. The highest BCUT2D eigenvalue weighted by Gasteiger charge is 2.11. The zero-order valence-corrected chi connectivity index (χ0v) is 10.2. The molecule has 0 spiro atoms. The molecule has 0 aliphatic carbocycles. The number of rotatable bonds is 3. The largest absolute Gasteiger partial charge is 0.423 e. The van der Waals surface area contributed by atoms with Gasteiger partial charge in [-0.1, -0.05) is 19.1 Å². The Hall–Kier alpha value is -1.42. The molecule has 0 aliphatic rings. The quantitative estimate of drug-likeness (QED) is 0.828. The fourth-order valence-corrected chi connectivity index (χ4v) is 1.99. The molecule has 84 valence electrons. The topological polar surface area (TPSA) is 52.0 Å². The molecule has 1 aromatic heterocycles. The van der Waals surface area contributed by atoms with E-state index in [0.717, 1.165) is 23.4 Å². The molecular formula is C12H14N2OS. The van der Waals surface area contributed by atoms with E-state index in [0.29, 0.717) is 0 Å². The Kier molecular flexibility index (Phi) is 3.19. The number of oxazole rings is 1. The highest BCUT2D eigenvalue weighted by molar-refractivity contribution is 7.98. The number of hydrogen-bond donors (Lipinski definition) is 1. The van der Waals surface area contributed by atoms with E-state index in [1.807, 2.05) is 19.1 Å². The van der Waals surface area contributed by atoms with Gasteiger partial charge in [-0.25, -0.2) is 0 Å². The molecule has 2 N–H and O–H groups in total. The van der Waals surface area contributed by atoms with Crippen LogP contribution in [-0.4, -0.2) is 11.2 Å². The Balaban J connectivity index is 2.41. The first-order valence-corrected chi connectivity index (χ1v) is 6.36. The molecule has 0 fully saturated rings. The molecule has 0 aliphatic heterocycles. The lowest BCUT2D eigenvalue weighted by Gasteiger charge is -2.00. The molecule has 16 heavy (non-hydrogen) atoms. The summed E-state index contributed by atoms with van der Waals surface area (Å²) >= 11 is 1.72. The molecule has 0 atom stereocenters. The number of nitrogens with two attached hydrogens (primary N) is 1. The van der Waals surface area contributed by atoms with Crippen LogP contribution in [0.4, 0.5) is 6.01 Å². The third-order valence-electron chi connectivity index (χ3n) is 2.40. The molecular weight excluding hydrogens is 220 g/mol. The fraction of sp³-hybridized carbons (Fsp3) is 0.250. The van der Waals surface area contributed by atoms with E-state index in [4.69, 9.17) is 10.2 Å². The van der Waals surface area contributed by atoms with Crippen LogP contribution in [0.1, 0.15) is 12.6 Å². The van der Waals surface area contributed by atoms with E-state index in [9.17, 15) is 0 Å². The normalized spacial score (nSPS) is 10.6. The molecule has 0 unspecified atom stereocenters. The average Bonchev–Trinajstić information content (AvgIpc) is 2.70. The predicted molar refractivity (Wildman–Crippen MR) is 67.5 cm³/mol. The molecule has 0 saturated carbocycles. The van der Waals surface area contributed by atoms with Crippen molar-refractivity contribution in [2.75, 3.05) is 12.0 Å². The standard InChI is InChI=1S/C12H14N2OS/c1-3-10-11(15-12(13)14-10)8-4-6-9(16-2)7-5-8/h4-7H,3H2,1-2H3,(H2,13,14). The summed E-state index contributed by atoms with van der Waals surface area (Å²) in [7, 11) is 0. The van der Waals surface area contributed by atoms with E-state index in [2.05, 4.69) is 23.4 Å². The Labute approximate surface area is 99.1 Å². The number of aromatic nitrogens is 1. The summed E-state index contributed by atoms with van der Waals surface area (Å²) in [5.41, 5.74) is 7.50. The Morgan fingerprint density at radius 1 is 1.31 bits per heavy atom. The van der Waals surface area contributed by atoms with E-state index < -0.39 is 0 Å². The average molecular weight is 234 g/mol. The second-order valence-corrected chi connectivity index (χ2v) is 4.29. The summed E-state index contributed by atoms with van der Waals surface area (Å²) in [6, 6.07) is 8.44. The Bertz CT molecular complexity index is 476. The Morgan fingerprint density at radius 3 is 2.56 bits per heavy atom. The maximum Gasteiger partial charge on any atom is 0.292 e. The van der Waals surface area contributed by atoms with Gasteiger partial charge in [-0.05, 0) is 24.8 Å². The second kappa shape index (κ2) is 4.61. The van der Waals surface area contributed by atoms with Gasteiger partial charge in [0, 0.05) is 10.5 Å². The van der Waals surface area contributed by atoms with Gasteiger partial charge in [0.25, 0.3) is 6.01 Å². The number of aryl methyl sites for hydroxylation is 1. The monoisotopic (exact) mass is 234 g/mol. The van der Waals surface area contributed by atoms with Gasteiger partial charge in [0.2, 0.25) is 0 Å². The van der Waals surface area contributed by atoms with Gasteiger partial charge in [0.05, 0.1) is 5.69 Å². The van der Waals surface area contributed by atoms with Crippen molar-refractivity contribution >= 4 is 17.8 Å². The minimum absolute atomic E-state index is 0.237. The van der Waals surface area contributed by atoms with Crippen molar-refractivity contribution in [1.29, 1.82) is 0 Å². The number of anilines is 1. The molecule has 0 radical (unpaired) electrons. The Morgan fingerprint density at radius 2 is 2.00 bits per heavy atom. The van der Waals surface area contributed by atoms with E-state index in [1.54, 1.807) is 11.8 Å². The van der Waals surface area contributed by atoms with Gasteiger partial charge >= 0.3 is 0 Å². The second-order valence-electron chi connectivity index (χ2n) is 3.41. The first-order chi connectivity index (χ1) is 7.74. The zero-order valence-electron chi connectivity index (χ0n) is 9.36. The van der Waals surface area contributed by atoms with Crippen molar-refractivity contribution in [2.45, 2.75) is 18.2 Å². The number of hydrogen-bond acceptors (Lipinski definition) is 4. The van der Waals surface area contributed by atoms with Crippen LogP contribution in [0, 0.1) is 0 Å². The van der Waals surface area contributed by atoms with E-state index in [-0.39, 0.29) is 6.01 Å². The van der Waals surface area contributed by atoms with Gasteiger partial charge in [-0.15, -0.1) is 11.8 Å². The van der Waals surface area contributed by atoms with Crippen LogP contribution >= 0.6 is 11.8 Å². The number of nitrogens with zero attached hydrogens (tertiary/aromatic N) is 1. The highest BCUT2D eigenvalue weighted by Crippen LogP contribution is 2.28. The molecule has 0 bridgehead atoms. The van der Waals surface area contributed by atoms with Crippen LogP contribution in [0.2, 0.25) is 0 Å². The molecule has 0 saturated heterocycles. The highest BCUT2D eigenvalue weighted by atomic mass is 32.2. The van der Waals surface area contributed by atoms with Crippen LogP contribution in [0.5, 0.6) is 0 Å². The smallest absolute Gasteiger partial charge is 0.292 e. The zero-order chi connectivity index (χ0) is 11.5. The van der Waals surface area contributed by atoms with E-state index >= 15 is 0 Å². The number of benzene rings is 1. The third kappa shape index (κ3) is 2.07. The maximum absolute atomic E-state index is 5.57. The first kappa shape index (κ1) is 11.1. The lowest BCUT2D eigenvalue weighted by Crippen LogP contribution is -1.86.